The van der Waals surface area contributed by atoms with Crippen LogP contribution in [0.3, 0.4) is 0 Å². The Labute approximate surface area is 284 Å². The highest BCUT2D eigenvalue weighted by atomic mass is 16.5. The fraction of sp³-hybridized carbons (Fsp3) is 0.833. The molecule has 11 unspecified atom stereocenters. The third-order valence-corrected chi connectivity index (χ3v) is 17.0. The monoisotopic (exact) mass is 646 g/mol. The quantitative estimate of drug-likeness (QED) is 0.238. The van der Waals surface area contributed by atoms with E-state index in [1.807, 2.05) is 6.92 Å². The van der Waals surface area contributed by atoms with Crippen molar-refractivity contribution in [3.63, 3.8) is 0 Å². The third-order valence-electron chi connectivity index (χ3n) is 17.0. The first-order valence-electron chi connectivity index (χ1n) is 19.4. The summed E-state index contributed by atoms with van der Waals surface area (Å²) in [4.78, 5) is 40.7. The van der Waals surface area contributed by atoms with Gasteiger partial charge in [-0.05, 0) is 149 Å². The highest BCUT2D eigenvalue weighted by Crippen LogP contribution is 2.75. The van der Waals surface area contributed by atoms with Crippen LogP contribution < -0.4 is 0 Å². The van der Waals surface area contributed by atoms with E-state index in [4.69, 9.17) is 4.74 Å². The van der Waals surface area contributed by atoms with E-state index in [0.717, 1.165) is 63.7 Å². The molecule has 7 rings (SSSR count). The van der Waals surface area contributed by atoms with Crippen LogP contribution in [-0.4, -0.2) is 28.9 Å². The van der Waals surface area contributed by atoms with Crippen molar-refractivity contribution in [2.75, 3.05) is 0 Å². The first kappa shape index (κ1) is 33.6. The predicted molar refractivity (Wildman–Crippen MR) is 184 cm³/mol. The molecule has 1 N–H and O–H groups in total. The summed E-state index contributed by atoms with van der Waals surface area (Å²) in [5, 5.41) is 10.5. The first-order chi connectivity index (χ1) is 22.0. The molecule has 5 heteroatoms. The number of carbonyl (C=O) groups is 3. The lowest BCUT2D eigenvalue weighted by Crippen LogP contribution is -2.65. The van der Waals surface area contributed by atoms with E-state index in [1.165, 1.54) is 56.6 Å². The van der Waals surface area contributed by atoms with Crippen molar-refractivity contribution in [1.82, 2.24) is 0 Å². The van der Waals surface area contributed by atoms with Gasteiger partial charge in [0.2, 0.25) is 0 Å². The molecule has 0 radical (unpaired) electrons. The van der Waals surface area contributed by atoms with Crippen LogP contribution >= 0.6 is 0 Å². The van der Waals surface area contributed by atoms with Crippen LogP contribution in [0, 0.1) is 62.1 Å². The Hall–Kier alpha value is -1.91. The average Bonchev–Trinajstić information content (AvgIpc) is 3.16. The van der Waals surface area contributed by atoms with Gasteiger partial charge in [-0.3, -0.25) is 14.4 Å². The lowest BCUT2D eigenvalue weighted by molar-refractivity contribution is -0.216. The summed E-state index contributed by atoms with van der Waals surface area (Å²) in [7, 11) is 0. The molecular formula is C42H62O5. The molecule has 11 atom stereocenters. The predicted octanol–water partition coefficient (Wildman–Crippen LogP) is 9.88. The smallest absolute Gasteiger partial charge is 0.309 e. The fourth-order valence-corrected chi connectivity index (χ4v) is 14.8. The van der Waals surface area contributed by atoms with Crippen molar-refractivity contribution in [3.05, 3.63) is 23.8 Å². The molecule has 260 valence electrons. The molecule has 2 bridgehead atoms. The van der Waals surface area contributed by atoms with Crippen LogP contribution in [0.5, 0.6) is 0 Å². The molecule has 7 aliphatic rings. The number of esters is 1. The number of ether oxygens (including phenoxy) is 1. The molecule has 6 fully saturated rings. The van der Waals surface area contributed by atoms with Crippen LogP contribution in [0.2, 0.25) is 0 Å². The average molecular weight is 647 g/mol. The van der Waals surface area contributed by atoms with Gasteiger partial charge < -0.3 is 9.84 Å². The van der Waals surface area contributed by atoms with Crippen LogP contribution in [0.15, 0.2) is 23.8 Å². The maximum Gasteiger partial charge on any atom is 0.309 e. The van der Waals surface area contributed by atoms with Gasteiger partial charge >= 0.3 is 11.9 Å². The number of carboxylic acid groups (broad SMARTS) is 1. The van der Waals surface area contributed by atoms with Crippen molar-refractivity contribution < 1.29 is 24.2 Å². The lowest BCUT2D eigenvalue weighted by Gasteiger charge is -2.64. The van der Waals surface area contributed by atoms with Crippen molar-refractivity contribution >= 4 is 17.7 Å². The van der Waals surface area contributed by atoms with Gasteiger partial charge in [0.1, 0.15) is 11.9 Å². The SMILES string of the molecule is C=C1CCC2C(C)(C)CCCC2(C)C1CCC1=CCC2(CC1)C(=O)C13CC2CCC1C1(C)CCCC(C)(C(=O)O)C1CC3OC(C)=O. The second-order valence-corrected chi connectivity index (χ2v) is 19.3. The number of hydrogen-bond donors (Lipinski definition) is 1. The van der Waals surface area contributed by atoms with Gasteiger partial charge in [0, 0.05) is 12.3 Å². The van der Waals surface area contributed by atoms with Gasteiger partial charge in [0.25, 0.3) is 0 Å². The number of carboxylic acids is 1. The summed E-state index contributed by atoms with van der Waals surface area (Å²) in [5.74, 6) is 0.903. The summed E-state index contributed by atoms with van der Waals surface area (Å²) in [6.07, 6.45) is 19.1. The van der Waals surface area contributed by atoms with Crippen molar-refractivity contribution in [1.29, 1.82) is 0 Å². The summed E-state index contributed by atoms with van der Waals surface area (Å²) < 4.78 is 6.18. The summed E-state index contributed by atoms with van der Waals surface area (Å²) >= 11 is 0. The van der Waals surface area contributed by atoms with E-state index in [1.54, 1.807) is 0 Å². The number of Topliss-reactive ketones (excluding diaryl/α,β-unsaturated/α-hetero) is 1. The maximum absolute atomic E-state index is 15.3. The van der Waals surface area contributed by atoms with E-state index in [2.05, 4.69) is 40.3 Å². The summed E-state index contributed by atoms with van der Waals surface area (Å²) in [6, 6.07) is 0. The van der Waals surface area contributed by atoms with Crippen molar-refractivity contribution in [2.24, 2.45) is 62.1 Å². The fourth-order valence-electron chi connectivity index (χ4n) is 14.8. The van der Waals surface area contributed by atoms with Crippen molar-refractivity contribution in [2.45, 2.75) is 157 Å². The molecule has 47 heavy (non-hydrogen) atoms. The van der Waals surface area contributed by atoms with Crippen LogP contribution in [0.1, 0.15) is 151 Å². The molecule has 0 aromatic rings. The Morgan fingerprint density at radius 3 is 2.32 bits per heavy atom. The number of hydrogen-bond acceptors (Lipinski definition) is 4. The Bertz CT molecular complexity index is 1390. The molecular weight excluding hydrogens is 584 g/mol. The van der Waals surface area contributed by atoms with E-state index in [-0.39, 0.29) is 28.6 Å². The molecule has 0 amide bonds. The largest absolute Gasteiger partial charge is 0.481 e. The van der Waals surface area contributed by atoms with Crippen LogP contribution in [-0.2, 0) is 19.1 Å². The van der Waals surface area contributed by atoms with E-state index < -0.39 is 22.9 Å². The molecule has 0 saturated heterocycles. The Kier molecular flexibility index (Phi) is 7.89. The highest BCUT2D eigenvalue weighted by molar-refractivity contribution is 5.95. The summed E-state index contributed by atoms with van der Waals surface area (Å²) in [6.45, 7) is 17.9. The Morgan fingerprint density at radius 1 is 0.915 bits per heavy atom. The van der Waals surface area contributed by atoms with E-state index >= 15 is 4.79 Å². The third kappa shape index (κ3) is 4.62. The lowest BCUT2D eigenvalue weighted by atomic mass is 9.40. The zero-order chi connectivity index (χ0) is 33.8. The van der Waals surface area contributed by atoms with Gasteiger partial charge in [0.05, 0.1) is 10.8 Å². The molecule has 0 aliphatic heterocycles. The van der Waals surface area contributed by atoms with Crippen LogP contribution in [0.25, 0.3) is 0 Å². The highest BCUT2D eigenvalue weighted by Gasteiger charge is 2.76. The number of rotatable bonds is 5. The molecule has 6 saturated carbocycles. The zero-order valence-corrected chi connectivity index (χ0v) is 30.3. The van der Waals surface area contributed by atoms with Gasteiger partial charge in [0.15, 0.2) is 0 Å². The van der Waals surface area contributed by atoms with Crippen LogP contribution in [0.4, 0.5) is 0 Å². The Morgan fingerprint density at radius 2 is 1.64 bits per heavy atom. The number of fused-ring (bicyclic) bond motifs is 5. The topological polar surface area (TPSA) is 80.7 Å². The Balaban J connectivity index is 1.14. The minimum absolute atomic E-state index is 0.0660. The summed E-state index contributed by atoms with van der Waals surface area (Å²) in [5.41, 5.74) is 1.60. The minimum atomic E-state index is -0.861. The molecule has 7 aliphatic carbocycles. The minimum Gasteiger partial charge on any atom is -0.481 e. The van der Waals surface area contributed by atoms with Gasteiger partial charge in [-0.1, -0.05) is 64.3 Å². The second-order valence-electron chi connectivity index (χ2n) is 19.3. The second kappa shape index (κ2) is 11.0. The molecule has 0 heterocycles. The first-order valence-corrected chi connectivity index (χ1v) is 19.4. The molecule has 0 aromatic heterocycles. The van der Waals surface area contributed by atoms with E-state index in [0.29, 0.717) is 41.3 Å². The van der Waals surface area contributed by atoms with Gasteiger partial charge in [-0.25, -0.2) is 0 Å². The standard InChI is InChI=1S/C42H62O5/c1-26-10-14-31-37(3,4)18-8-19-38(31,5)30(26)13-11-28-16-22-41(23-17-28)29-12-15-32-39(6)20-9-21-40(7,36(45)46)33(39)24-34(47-27(2)43)42(32,25-29)35(41)44/h16,29-34H,1,8-15,17-25H2,2-7H3,(H,45,46). The maximum atomic E-state index is 15.3. The zero-order valence-electron chi connectivity index (χ0n) is 30.3. The number of carbonyl (C=O) groups excluding carboxylic acids is 2. The van der Waals surface area contributed by atoms with Gasteiger partial charge in [-0.2, -0.15) is 0 Å². The van der Waals surface area contributed by atoms with Gasteiger partial charge in [-0.15, -0.1) is 0 Å². The number of ketones is 1. The number of allylic oxidation sites excluding steroid dienone is 3. The molecule has 0 aromatic carbocycles. The molecule has 2 spiro atoms. The normalized spacial score (nSPS) is 48.6. The van der Waals surface area contributed by atoms with E-state index in [9.17, 15) is 14.7 Å². The number of aliphatic carboxylic acids is 1. The van der Waals surface area contributed by atoms with Crippen molar-refractivity contribution in [3.8, 4) is 0 Å². The molecule has 5 nitrogen and oxygen atoms in total.